The molecule has 0 bridgehead atoms. The second-order valence-electron chi connectivity index (χ2n) is 20.8. The molecule has 0 spiro atoms. The van der Waals surface area contributed by atoms with E-state index in [1.807, 2.05) is 0 Å². The average molecular weight is 1080 g/mol. The molecule has 1 aliphatic carbocycles. The Labute approximate surface area is 438 Å². The second-order valence-corrected chi connectivity index (χ2v) is 20.8. The SMILES string of the molecule is CO[C@H](C(=O)[C@@H](O)[C@@H](C)O)[C@@H]1Cc2cc3cc(O[C@H]4C[C@@H](OC(C)=O)[C@@H](OC(C)=O)[C@@H](C)O4)c(C)c(O)c3c(O)c2C(=O)[C@H]1O[C@H]1C[C@@H](O[C@H]2C[C@@H](O[C@H]3C[C@](C)(O)[C@@H](OC(C)=O)[C@H](C)O3)[C@H](O)[C@@H](C)O2)[C@H](O)[C@@H](C)O1. The number of fused-ring (bicyclic) bond motifs is 2. The predicted molar refractivity (Wildman–Crippen MR) is 257 cm³/mol. The monoisotopic (exact) mass is 1080 g/mol. The number of methoxy groups -OCH3 is 1. The van der Waals surface area contributed by atoms with E-state index in [1.165, 1.54) is 67.7 Å². The smallest absolute Gasteiger partial charge is 0.303 e. The van der Waals surface area contributed by atoms with Crippen molar-refractivity contribution in [3.05, 3.63) is 28.8 Å². The molecule has 4 heterocycles. The lowest BCUT2D eigenvalue weighted by atomic mass is 9.75. The molecule has 5 aliphatic rings. The van der Waals surface area contributed by atoms with Crippen molar-refractivity contribution < 1.29 is 117 Å². The van der Waals surface area contributed by atoms with Crippen LogP contribution in [0, 0.1) is 12.8 Å². The van der Waals surface area contributed by atoms with E-state index in [1.54, 1.807) is 20.8 Å². The van der Waals surface area contributed by atoms with E-state index in [4.69, 9.17) is 56.8 Å². The molecule has 0 amide bonds. The number of carbonyl (C=O) groups excluding carboxylic acids is 5. The quantitative estimate of drug-likeness (QED) is 0.0927. The first-order valence-corrected chi connectivity index (χ1v) is 25.4. The summed E-state index contributed by atoms with van der Waals surface area (Å²) in [6.45, 7) is 14.1. The number of rotatable bonds is 16. The van der Waals surface area contributed by atoms with Crippen LogP contribution in [-0.4, -0.2) is 195 Å². The minimum absolute atomic E-state index is 0.0756. The van der Waals surface area contributed by atoms with E-state index < -0.39 is 169 Å². The zero-order valence-corrected chi connectivity index (χ0v) is 44.3. The maximum atomic E-state index is 15.0. The summed E-state index contributed by atoms with van der Waals surface area (Å²) in [6.07, 6.45) is -23.0. The molecular weight excluding hydrogens is 1010 g/mol. The highest BCUT2D eigenvalue weighted by Crippen LogP contribution is 2.47. The Morgan fingerprint density at radius 2 is 1.26 bits per heavy atom. The van der Waals surface area contributed by atoms with Gasteiger partial charge in [-0.15, -0.1) is 0 Å². The fourth-order valence-electron chi connectivity index (χ4n) is 11.0. The molecule has 0 saturated carbocycles. The third kappa shape index (κ3) is 12.6. The summed E-state index contributed by atoms with van der Waals surface area (Å²) >= 11 is 0. The van der Waals surface area contributed by atoms with E-state index in [0.717, 1.165) is 0 Å². The molecule has 0 radical (unpaired) electrons. The molecule has 424 valence electrons. The lowest BCUT2D eigenvalue weighted by Crippen LogP contribution is -2.59. The van der Waals surface area contributed by atoms with E-state index in [9.17, 15) is 54.9 Å². The van der Waals surface area contributed by atoms with E-state index in [-0.39, 0.29) is 65.3 Å². The van der Waals surface area contributed by atoms with Gasteiger partial charge in [0.25, 0.3) is 0 Å². The molecule has 76 heavy (non-hydrogen) atoms. The highest BCUT2D eigenvalue weighted by molar-refractivity contribution is 6.11. The number of esters is 3. The molecule has 7 N–H and O–H groups in total. The Morgan fingerprint density at radius 3 is 1.82 bits per heavy atom. The molecule has 4 fully saturated rings. The number of phenols is 2. The molecule has 2 aromatic rings. The van der Waals surface area contributed by atoms with Crippen molar-refractivity contribution in [1.29, 1.82) is 0 Å². The van der Waals surface area contributed by atoms with Crippen LogP contribution in [0.2, 0.25) is 0 Å². The third-order valence-electron chi connectivity index (χ3n) is 14.7. The topological polar surface area (TPSA) is 338 Å². The third-order valence-corrected chi connectivity index (χ3v) is 14.7. The minimum Gasteiger partial charge on any atom is -0.507 e. The number of ketones is 2. The summed E-state index contributed by atoms with van der Waals surface area (Å²) in [4.78, 5) is 64.5. The standard InChI is InChI=1S/C52H72O24/c1-19-31(73-36-17-34(70-25(7)54)48(23(5)68-36)71-26(8)55)14-29-12-28-13-30(49(65-11)47(63)42(58)20(2)53)50(46(62)40(28)45(61)39(29)41(19)57)76-37-16-32(43(59)22(4)67-37)74-35-15-33(44(60)21(3)66-35)75-38-18-52(10,64)51(24(6)69-38)72-27(9)56/h12,14,20-24,30,32-38,42-44,48-51,53,57-61,64H,13,15-18H2,1-11H3/t20-,21-,22-,23-,24+,30+,32-,33-,34-,35+,36+,37+,38+,42+,43-,44-,48+,49+,50+,51+,52+/m1/s1. The number of benzene rings is 2. The molecule has 4 saturated heterocycles. The van der Waals surface area contributed by atoms with Gasteiger partial charge in [0.1, 0.15) is 59.5 Å². The van der Waals surface area contributed by atoms with Crippen molar-refractivity contribution in [1.82, 2.24) is 0 Å². The number of aromatic hydroxyl groups is 2. The molecule has 0 aromatic heterocycles. The number of aliphatic hydroxyl groups excluding tert-OH is 4. The van der Waals surface area contributed by atoms with Crippen molar-refractivity contribution in [2.45, 2.75) is 224 Å². The molecule has 4 aliphatic heterocycles. The second kappa shape index (κ2) is 23.7. The number of hydrogen-bond donors (Lipinski definition) is 7. The Balaban J connectivity index is 1.15. The van der Waals surface area contributed by atoms with Crippen LogP contribution in [0.3, 0.4) is 0 Å². The first kappa shape index (κ1) is 59.0. The fraction of sp³-hybridized carbons (Fsp3) is 0.712. The van der Waals surface area contributed by atoms with Gasteiger partial charge in [-0.3, -0.25) is 24.0 Å². The van der Waals surface area contributed by atoms with Crippen molar-refractivity contribution in [3.8, 4) is 17.2 Å². The number of aliphatic hydroxyl groups is 5. The summed E-state index contributed by atoms with van der Waals surface area (Å²) < 4.78 is 71.1. The number of carbonyl (C=O) groups is 5. The van der Waals surface area contributed by atoms with Crippen LogP contribution >= 0.6 is 0 Å². The van der Waals surface area contributed by atoms with Crippen molar-refractivity contribution in [2.24, 2.45) is 5.92 Å². The number of ether oxygens (including phenoxy) is 12. The zero-order chi connectivity index (χ0) is 56.0. The van der Waals surface area contributed by atoms with Gasteiger partial charge in [-0.1, -0.05) is 0 Å². The van der Waals surface area contributed by atoms with E-state index >= 15 is 4.79 Å². The normalized spacial score (nSPS) is 37.1. The van der Waals surface area contributed by atoms with Gasteiger partial charge >= 0.3 is 17.9 Å². The van der Waals surface area contributed by atoms with Gasteiger partial charge in [-0.25, -0.2) is 0 Å². The number of phenolic OH excluding ortho intramolecular Hbond substituents is 2. The molecule has 2 aromatic carbocycles. The van der Waals surface area contributed by atoms with Gasteiger partial charge in [0.05, 0.1) is 60.1 Å². The zero-order valence-electron chi connectivity index (χ0n) is 44.3. The van der Waals surface area contributed by atoms with Crippen LogP contribution < -0.4 is 4.74 Å². The van der Waals surface area contributed by atoms with E-state index in [0.29, 0.717) is 0 Å². The Bertz CT molecular complexity index is 2460. The molecule has 21 atom stereocenters. The summed E-state index contributed by atoms with van der Waals surface area (Å²) in [5, 5.41) is 78.7. The summed E-state index contributed by atoms with van der Waals surface area (Å²) in [6, 6.07) is 2.99. The lowest BCUT2D eigenvalue weighted by Gasteiger charge is -2.46. The van der Waals surface area contributed by atoms with Gasteiger partial charge < -0.3 is 92.6 Å². The molecular formula is C52H72O24. The molecule has 7 rings (SSSR count). The highest BCUT2D eigenvalue weighted by Gasteiger charge is 2.52. The van der Waals surface area contributed by atoms with Crippen molar-refractivity contribution in [2.75, 3.05) is 7.11 Å². The maximum Gasteiger partial charge on any atom is 0.303 e. The Hall–Kier alpha value is -4.67. The van der Waals surface area contributed by atoms with Crippen molar-refractivity contribution in [3.63, 3.8) is 0 Å². The first-order valence-electron chi connectivity index (χ1n) is 25.4. The average Bonchev–Trinajstić information content (AvgIpc) is 3.31. The van der Waals surface area contributed by atoms with Crippen LogP contribution in [0.5, 0.6) is 17.2 Å². The fourth-order valence-corrected chi connectivity index (χ4v) is 11.0. The van der Waals surface area contributed by atoms with Gasteiger partial charge in [-0.05, 0) is 78.0 Å². The molecule has 0 unspecified atom stereocenters. The van der Waals surface area contributed by atoms with E-state index in [2.05, 4.69) is 0 Å². The van der Waals surface area contributed by atoms with Crippen LogP contribution in [0.1, 0.15) is 109 Å². The van der Waals surface area contributed by atoms with Gasteiger partial charge in [0.2, 0.25) is 6.29 Å². The highest BCUT2D eigenvalue weighted by atomic mass is 16.7. The minimum atomic E-state index is -1.96. The van der Waals surface area contributed by atoms with Gasteiger partial charge in [0.15, 0.2) is 42.6 Å². The Kier molecular flexibility index (Phi) is 18.4. The van der Waals surface area contributed by atoms with Crippen LogP contribution in [0.15, 0.2) is 12.1 Å². The molecule has 24 nitrogen and oxygen atoms in total. The summed E-state index contributed by atoms with van der Waals surface area (Å²) in [7, 11) is 1.17. The predicted octanol–water partition coefficient (Wildman–Crippen LogP) is 1.58. The van der Waals surface area contributed by atoms with Gasteiger partial charge in [0, 0.05) is 58.6 Å². The number of hydrogen-bond acceptors (Lipinski definition) is 24. The maximum absolute atomic E-state index is 15.0. The first-order chi connectivity index (χ1) is 35.6. The molecule has 24 heteroatoms. The van der Waals surface area contributed by atoms with Crippen LogP contribution in [0.4, 0.5) is 0 Å². The van der Waals surface area contributed by atoms with Crippen molar-refractivity contribution >= 4 is 40.2 Å². The van der Waals surface area contributed by atoms with Gasteiger partial charge in [-0.2, -0.15) is 0 Å². The van der Waals surface area contributed by atoms with Crippen LogP contribution in [-0.2, 0) is 77.7 Å². The largest absolute Gasteiger partial charge is 0.507 e. The lowest BCUT2D eigenvalue weighted by molar-refractivity contribution is -0.334. The summed E-state index contributed by atoms with van der Waals surface area (Å²) in [5.74, 6) is -6.00. The van der Waals surface area contributed by atoms with Crippen LogP contribution in [0.25, 0.3) is 10.8 Å². The Morgan fingerprint density at radius 1 is 0.724 bits per heavy atom. The number of Topliss-reactive ketones (excluding diaryl/α,β-unsaturated/α-hetero) is 2. The summed E-state index contributed by atoms with van der Waals surface area (Å²) in [5.41, 5.74) is -1.52.